The molecule has 2 heterocycles. The van der Waals surface area contributed by atoms with Gasteiger partial charge in [-0.15, -0.1) is 13.2 Å². The predicted molar refractivity (Wildman–Crippen MR) is 97.3 cm³/mol. The van der Waals surface area contributed by atoms with E-state index in [1.807, 2.05) is 18.2 Å². The van der Waals surface area contributed by atoms with Crippen molar-refractivity contribution in [3.63, 3.8) is 0 Å². The van der Waals surface area contributed by atoms with Gasteiger partial charge in [0.1, 0.15) is 11.5 Å². The van der Waals surface area contributed by atoms with Gasteiger partial charge >= 0.3 is 6.36 Å². The lowest BCUT2D eigenvalue weighted by Gasteiger charge is -2.41. The van der Waals surface area contributed by atoms with Crippen LogP contribution in [0.25, 0.3) is 0 Å². The summed E-state index contributed by atoms with van der Waals surface area (Å²) in [7, 11) is 0. The number of piperidine rings is 1. The standard InChI is InChI=1S/C21H22F3NO3/c22-21(23,24)28-16-7-8-18(26)17(11-16)15-12-20(27-13-15)9-4-10-25-19(20)14-5-2-1-3-6-14/h1-3,5-8,11,15,19,25-26H,4,9-10,12-13H2/t15-,19-,20+/m1/s1. The lowest BCUT2D eigenvalue weighted by Crippen LogP contribution is -2.48. The van der Waals surface area contributed by atoms with E-state index in [2.05, 4.69) is 22.2 Å². The number of phenols is 1. The predicted octanol–water partition coefficient (Wildman–Crippen LogP) is 4.66. The Kier molecular flexibility index (Phi) is 4.97. The Morgan fingerprint density at radius 3 is 2.68 bits per heavy atom. The summed E-state index contributed by atoms with van der Waals surface area (Å²) < 4.78 is 48.0. The fraction of sp³-hybridized carbons (Fsp3) is 0.429. The molecule has 0 amide bonds. The summed E-state index contributed by atoms with van der Waals surface area (Å²) in [6.07, 6.45) is -2.34. The van der Waals surface area contributed by atoms with E-state index in [1.54, 1.807) is 0 Å². The second-order valence-electron chi connectivity index (χ2n) is 7.45. The first-order valence-corrected chi connectivity index (χ1v) is 9.37. The molecule has 2 N–H and O–H groups in total. The molecule has 2 saturated heterocycles. The normalized spacial score (nSPS) is 27.8. The molecule has 1 spiro atoms. The van der Waals surface area contributed by atoms with Gasteiger partial charge in [-0.1, -0.05) is 30.3 Å². The third-order valence-corrected chi connectivity index (χ3v) is 5.62. The summed E-state index contributed by atoms with van der Waals surface area (Å²) in [6.45, 7) is 1.23. The van der Waals surface area contributed by atoms with Gasteiger partial charge in [0, 0.05) is 11.5 Å². The first-order valence-electron chi connectivity index (χ1n) is 9.37. The third-order valence-electron chi connectivity index (χ3n) is 5.62. The van der Waals surface area contributed by atoms with Gasteiger partial charge in [-0.25, -0.2) is 0 Å². The average Bonchev–Trinajstić information content (AvgIpc) is 3.07. The first-order chi connectivity index (χ1) is 13.4. The molecule has 2 fully saturated rings. The maximum absolute atomic E-state index is 12.6. The van der Waals surface area contributed by atoms with Crippen molar-refractivity contribution in [2.75, 3.05) is 13.2 Å². The molecule has 0 unspecified atom stereocenters. The van der Waals surface area contributed by atoms with E-state index < -0.39 is 12.0 Å². The van der Waals surface area contributed by atoms with Crippen LogP contribution in [0.4, 0.5) is 13.2 Å². The Labute approximate surface area is 161 Å². The van der Waals surface area contributed by atoms with E-state index in [0.717, 1.165) is 31.0 Å². The van der Waals surface area contributed by atoms with Gasteiger partial charge in [0.05, 0.1) is 18.2 Å². The van der Waals surface area contributed by atoms with Gasteiger partial charge in [-0.3, -0.25) is 0 Å². The lowest BCUT2D eigenvalue weighted by molar-refractivity contribution is -0.274. The number of benzene rings is 2. The summed E-state index contributed by atoms with van der Waals surface area (Å²) in [6, 6.07) is 13.7. The van der Waals surface area contributed by atoms with E-state index in [9.17, 15) is 18.3 Å². The summed E-state index contributed by atoms with van der Waals surface area (Å²) in [5.41, 5.74) is 1.11. The SMILES string of the molecule is Oc1ccc(OC(F)(F)F)cc1[C@H]1CO[C@@]2(CCCN[C@@H]2c2ccccc2)C1. The second-order valence-corrected chi connectivity index (χ2v) is 7.45. The molecule has 0 aromatic heterocycles. The largest absolute Gasteiger partial charge is 0.573 e. The van der Waals surface area contributed by atoms with Gasteiger partial charge in [0.15, 0.2) is 0 Å². The zero-order valence-electron chi connectivity index (χ0n) is 15.2. The van der Waals surface area contributed by atoms with Crippen molar-refractivity contribution in [1.82, 2.24) is 5.32 Å². The van der Waals surface area contributed by atoms with Crippen LogP contribution in [0.1, 0.15) is 42.3 Å². The minimum atomic E-state index is -4.77. The molecule has 3 atom stereocenters. The van der Waals surface area contributed by atoms with Crippen LogP contribution in [0.5, 0.6) is 11.5 Å². The Hall–Kier alpha value is -2.25. The van der Waals surface area contributed by atoms with Crippen LogP contribution in [0.2, 0.25) is 0 Å². The Balaban J connectivity index is 1.60. The molecule has 0 bridgehead atoms. The van der Waals surface area contributed by atoms with Crippen LogP contribution in [0.15, 0.2) is 48.5 Å². The van der Waals surface area contributed by atoms with Crippen LogP contribution in [0, 0.1) is 0 Å². The third kappa shape index (κ3) is 3.82. The molecule has 4 rings (SSSR count). The highest BCUT2D eigenvalue weighted by Crippen LogP contribution is 2.49. The van der Waals surface area contributed by atoms with Crippen molar-refractivity contribution >= 4 is 0 Å². The van der Waals surface area contributed by atoms with Crippen molar-refractivity contribution in [3.8, 4) is 11.5 Å². The van der Waals surface area contributed by atoms with Gasteiger partial charge in [0.25, 0.3) is 0 Å². The molecule has 0 saturated carbocycles. The van der Waals surface area contributed by atoms with Crippen LogP contribution in [-0.4, -0.2) is 30.2 Å². The van der Waals surface area contributed by atoms with E-state index in [0.29, 0.717) is 18.6 Å². The Bertz CT molecular complexity index is 827. The smallest absolute Gasteiger partial charge is 0.508 e. The topological polar surface area (TPSA) is 50.7 Å². The fourth-order valence-corrected chi connectivity index (χ4v) is 4.46. The molecule has 2 aromatic carbocycles. The van der Waals surface area contributed by atoms with Crippen molar-refractivity contribution in [2.45, 2.75) is 43.2 Å². The fourth-order valence-electron chi connectivity index (χ4n) is 4.46. The summed E-state index contributed by atoms with van der Waals surface area (Å²) in [5, 5.41) is 13.8. The number of halogens is 3. The quantitative estimate of drug-likeness (QED) is 0.797. The number of alkyl halides is 3. The van der Waals surface area contributed by atoms with Gasteiger partial charge in [0.2, 0.25) is 0 Å². The van der Waals surface area contributed by atoms with Crippen LogP contribution in [-0.2, 0) is 4.74 Å². The highest BCUT2D eigenvalue weighted by atomic mass is 19.4. The maximum atomic E-state index is 12.6. The van der Waals surface area contributed by atoms with Crippen molar-refractivity contribution < 1.29 is 27.8 Å². The molecule has 7 heteroatoms. The minimum Gasteiger partial charge on any atom is -0.508 e. The van der Waals surface area contributed by atoms with Crippen molar-refractivity contribution in [2.24, 2.45) is 0 Å². The zero-order chi connectivity index (χ0) is 19.8. The van der Waals surface area contributed by atoms with E-state index >= 15 is 0 Å². The first kappa shape index (κ1) is 19.1. The van der Waals surface area contributed by atoms with Crippen LogP contribution < -0.4 is 10.1 Å². The Morgan fingerprint density at radius 1 is 1.14 bits per heavy atom. The number of aromatic hydroxyl groups is 1. The average molecular weight is 393 g/mol. The highest BCUT2D eigenvalue weighted by Gasteiger charge is 2.49. The van der Waals surface area contributed by atoms with Crippen LogP contribution >= 0.6 is 0 Å². The summed E-state index contributed by atoms with van der Waals surface area (Å²) in [5.74, 6) is -0.578. The molecule has 28 heavy (non-hydrogen) atoms. The summed E-state index contributed by atoms with van der Waals surface area (Å²) in [4.78, 5) is 0. The van der Waals surface area contributed by atoms with Crippen LogP contribution in [0.3, 0.4) is 0 Å². The van der Waals surface area contributed by atoms with E-state index in [1.165, 1.54) is 12.1 Å². The van der Waals surface area contributed by atoms with Gasteiger partial charge in [-0.05, 0) is 49.6 Å². The lowest BCUT2D eigenvalue weighted by atomic mass is 9.77. The number of hydrogen-bond acceptors (Lipinski definition) is 4. The van der Waals surface area contributed by atoms with Gasteiger partial charge in [-0.2, -0.15) is 0 Å². The molecule has 2 aromatic rings. The van der Waals surface area contributed by atoms with E-state index in [4.69, 9.17) is 4.74 Å². The van der Waals surface area contributed by atoms with Crippen molar-refractivity contribution in [3.05, 3.63) is 59.7 Å². The second kappa shape index (κ2) is 7.29. The number of rotatable bonds is 3. The highest BCUT2D eigenvalue weighted by molar-refractivity contribution is 5.42. The molecular formula is C21H22F3NO3. The number of phenolic OH excluding ortho intramolecular Hbond substituents is 1. The molecule has 2 aliphatic heterocycles. The minimum absolute atomic E-state index is 0.00389. The molecule has 2 aliphatic rings. The molecule has 4 nitrogen and oxygen atoms in total. The number of nitrogens with one attached hydrogen (secondary N) is 1. The Morgan fingerprint density at radius 2 is 1.93 bits per heavy atom. The number of hydrogen-bond donors (Lipinski definition) is 2. The van der Waals surface area contributed by atoms with Gasteiger partial charge < -0.3 is 19.9 Å². The summed E-state index contributed by atoms with van der Waals surface area (Å²) >= 11 is 0. The van der Waals surface area contributed by atoms with Crippen molar-refractivity contribution in [1.29, 1.82) is 0 Å². The maximum Gasteiger partial charge on any atom is 0.573 e. The molecule has 150 valence electrons. The zero-order valence-corrected chi connectivity index (χ0v) is 15.2. The monoisotopic (exact) mass is 393 g/mol. The van der Waals surface area contributed by atoms with E-state index in [-0.39, 0.29) is 23.5 Å². The molecule has 0 radical (unpaired) electrons. The number of ether oxygens (including phenoxy) is 2. The molecule has 0 aliphatic carbocycles. The molecular weight excluding hydrogens is 371 g/mol.